The van der Waals surface area contributed by atoms with Crippen LogP contribution in [-0.4, -0.2) is 21.4 Å². The van der Waals surface area contributed by atoms with Gasteiger partial charge in [0.25, 0.3) is 11.8 Å². The van der Waals surface area contributed by atoms with Gasteiger partial charge in [-0.25, -0.2) is 0 Å². The number of benzene rings is 1. The van der Waals surface area contributed by atoms with Gasteiger partial charge in [0.05, 0.1) is 23.0 Å². The number of thiophene rings is 1. The molecule has 9 heteroatoms. The number of nitrogens with one attached hydrogen (secondary N) is 1. The minimum absolute atomic E-state index is 0.185. The maximum atomic E-state index is 13.5. The highest BCUT2D eigenvalue weighted by Crippen LogP contribution is 2.35. The van der Waals surface area contributed by atoms with Crippen LogP contribution in [0, 0.1) is 0 Å². The second-order valence-electron chi connectivity index (χ2n) is 7.60. The summed E-state index contributed by atoms with van der Waals surface area (Å²) in [4.78, 5) is 32.2. The van der Waals surface area contributed by atoms with E-state index < -0.39 is 0 Å². The van der Waals surface area contributed by atoms with Gasteiger partial charge in [-0.1, -0.05) is 47.5 Å². The van der Waals surface area contributed by atoms with Crippen LogP contribution in [0.3, 0.4) is 0 Å². The van der Waals surface area contributed by atoms with Gasteiger partial charge < -0.3 is 14.8 Å². The number of halogens is 2. The maximum Gasteiger partial charge on any atom is 0.268 e. The summed E-state index contributed by atoms with van der Waals surface area (Å²) in [6.07, 6.45) is 3.42. The number of aromatic nitrogens is 2. The van der Waals surface area contributed by atoms with Crippen LogP contribution in [0.25, 0.3) is 0 Å². The molecule has 4 heterocycles. The van der Waals surface area contributed by atoms with Crippen molar-refractivity contribution in [2.75, 3.05) is 4.90 Å². The van der Waals surface area contributed by atoms with Gasteiger partial charge in [0.1, 0.15) is 10.0 Å². The zero-order chi connectivity index (χ0) is 22.9. The van der Waals surface area contributed by atoms with Crippen molar-refractivity contribution in [3.05, 3.63) is 104 Å². The Morgan fingerprint density at radius 2 is 1.91 bits per heavy atom. The van der Waals surface area contributed by atoms with Crippen molar-refractivity contribution in [3.63, 3.8) is 0 Å². The lowest BCUT2D eigenvalue weighted by molar-refractivity contribution is 0.0941. The van der Waals surface area contributed by atoms with Crippen molar-refractivity contribution in [1.82, 2.24) is 14.9 Å². The summed E-state index contributed by atoms with van der Waals surface area (Å²) in [7, 11) is 0. The minimum Gasteiger partial charge on any atom is -0.347 e. The van der Waals surface area contributed by atoms with E-state index in [4.69, 9.17) is 23.2 Å². The van der Waals surface area contributed by atoms with Gasteiger partial charge in [-0.05, 0) is 41.5 Å². The van der Waals surface area contributed by atoms with Gasteiger partial charge in [-0.3, -0.25) is 14.6 Å². The zero-order valence-corrected chi connectivity index (χ0v) is 19.6. The standard InChI is InChI=1S/C24H18Cl2N4O2S/c25-21-10-18(22(26)33-21)24(32)30-14-17-7-8-20(23(31)28-12-15-4-3-9-27-11-15)29(17)13-16-5-1-2-6-19(16)30/h1-11H,12-14H2,(H,28,31). The zero-order valence-electron chi connectivity index (χ0n) is 17.3. The smallest absolute Gasteiger partial charge is 0.268 e. The van der Waals surface area contributed by atoms with E-state index >= 15 is 0 Å². The number of rotatable bonds is 4. The first-order chi connectivity index (χ1) is 16.0. The van der Waals surface area contributed by atoms with E-state index in [0.717, 1.165) is 22.5 Å². The third-order valence-electron chi connectivity index (χ3n) is 5.54. The van der Waals surface area contributed by atoms with E-state index in [1.165, 1.54) is 11.3 Å². The van der Waals surface area contributed by atoms with Crippen LogP contribution < -0.4 is 10.2 Å². The Morgan fingerprint density at radius 3 is 2.67 bits per heavy atom. The van der Waals surface area contributed by atoms with Crippen molar-refractivity contribution in [2.45, 2.75) is 19.6 Å². The maximum absolute atomic E-state index is 13.5. The Morgan fingerprint density at radius 1 is 1.06 bits per heavy atom. The molecule has 0 spiro atoms. The molecule has 6 nitrogen and oxygen atoms in total. The Kier molecular flexibility index (Phi) is 5.93. The molecule has 2 amide bonds. The molecule has 0 radical (unpaired) electrons. The number of hydrogen-bond acceptors (Lipinski definition) is 4. The number of hydrogen-bond donors (Lipinski definition) is 1. The first kappa shape index (κ1) is 21.7. The molecule has 1 aliphatic rings. The van der Waals surface area contributed by atoms with E-state index in [-0.39, 0.29) is 11.8 Å². The fraction of sp³-hybridized carbons (Fsp3) is 0.125. The molecule has 166 valence electrons. The number of para-hydroxylation sites is 1. The lowest BCUT2D eigenvalue weighted by Gasteiger charge is -2.22. The van der Waals surface area contributed by atoms with Gasteiger partial charge in [0, 0.05) is 30.3 Å². The third kappa shape index (κ3) is 4.27. The molecule has 0 saturated carbocycles. The van der Waals surface area contributed by atoms with Crippen LogP contribution in [0.1, 0.15) is 37.7 Å². The predicted octanol–water partition coefficient (Wildman–Crippen LogP) is 5.39. The Labute approximate surface area is 204 Å². The molecule has 1 aromatic carbocycles. The number of carbonyl (C=O) groups excluding carboxylic acids is 2. The van der Waals surface area contributed by atoms with E-state index in [9.17, 15) is 9.59 Å². The number of amides is 2. The van der Waals surface area contributed by atoms with Crippen molar-refractivity contribution in [2.24, 2.45) is 0 Å². The Hall–Kier alpha value is -3.13. The molecule has 0 unspecified atom stereocenters. The highest BCUT2D eigenvalue weighted by Gasteiger charge is 2.29. The molecule has 0 aliphatic carbocycles. The highest BCUT2D eigenvalue weighted by atomic mass is 35.5. The average Bonchev–Trinajstić information content (AvgIpc) is 3.33. The Balaban J connectivity index is 1.47. The van der Waals surface area contributed by atoms with Gasteiger partial charge in [0.15, 0.2) is 0 Å². The predicted molar refractivity (Wildman–Crippen MR) is 130 cm³/mol. The van der Waals surface area contributed by atoms with Crippen LogP contribution in [0.4, 0.5) is 5.69 Å². The molecule has 33 heavy (non-hydrogen) atoms. The fourth-order valence-electron chi connectivity index (χ4n) is 3.95. The van der Waals surface area contributed by atoms with Crippen molar-refractivity contribution in [1.29, 1.82) is 0 Å². The molecule has 4 aromatic rings. The normalized spacial score (nSPS) is 12.6. The van der Waals surface area contributed by atoms with Crippen molar-refractivity contribution < 1.29 is 9.59 Å². The quantitative estimate of drug-likeness (QED) is 0.411. The van der Waals surface area contributed by atoms with E-state index in [1.807, 2.05) is 47.0 Å². The summed E-state index contributed by atoms with van der Waals surface area (Å²) in [6, 6.07) is 16.7. The second-order valence-corrected chi connectivity index (χ2v) is 9.88. The van der Waals surface area contributed by atoms with Gasteiger partial charge in [-0.2, -0.15) is 0 Å². The summed E-state index contributed by atoms with van der Waals surface area (Å²) in [6.45, 7) is 1.15. The molecule has 5 rings (SSSR count). The average molecular weight is 497 g/mol. The molecule has 0 atom stereocenters. The van der Waals surface area contributed by atoms with E-state index in [0.29, 0.717) is 39.6 Å². The summed E-state index contributed by atoms with van der Waals surface area (Å²) in [5.74, 6) is -0.414. The van der Waals surface area contributed by atoms with Crippen molar-refractivity contribution in [3.8, 4) is 0 Å². The summed E-state index contributed by atoms with van der Waals surface area (Å²) < 4.78 is 2.77. The van der Waals surface area contributed by atoms with E-state index in [1.54, 1.807) is 29.4 Å². The van der Waals surface area contributed by atoms with Gasteiger partial charge in [0.2, 0.25) is 0 Å². The van der Waals surface area contributed by atoms with Crippen molar-refractivity contribution >= 4 is 52.0 Å². The molecule has 1 aliphatic heterocycles. The fourth-order valence-corrected chi connectivity index (χ4v) is 5.39. The monoisotopic (exact) mass is 496 g/mol. The van der Waals surface area contributed by atoms with Crippen LogP contribution in [0.2, 0.25) is 8.67 Å². The minimum atomic E-state index is -0.229. The molecule has 0 bridgehead atoms. The molecule has 0 saturated heterocycles. The third-order valence-corrected chi connectivity index (χ3v) is 7.03. The first-order valence-electron chi connectivity index (χ1n) is 10.2. The molecule has 0 fully saturated rings. The largest absolute Gasteiger partial charge is 0.347 e. The number of anilines is 1. The van der Waals surface area contributed by atoms with E-state index in [2.05, 4.69) is 10.3 Å². The van der Waals surface area contributed by atoms with Crippen LogP contribution >= 0.6 is 34.5 Å². The number of nitrogens with zero attached hydrogens (tertiary/aromatic N) is 3. The van der Waals surface area contributed by atoms with Gasteiger partial charge in [-0.15, -0.1) is 11.3 Å². The SMILES string of the molecule is O=C(NCc1cccnc1)c1ccc2n1Cc1ccccc1N(C(=O)c1cc(Cl)sc1Cl)C2. The number of pyridine rings is 1. The molecule has 3 aromatic heterocycles. The topological polar surface area (TPSA) is 67.2 Å². The summed E-state index contributed by atoms with van der Waals surface area (Å²) in [5.41, 5.74) is 4.39. The van der Waals surface area contributed by atoms with Crippen LogP contribution in [0.5, 0.6) is 0 Å². The lowest BCUT2D eigenvalue weighted by atomic mass is 10.1. The number of fused-ring (bicyclic) bond motifs is 2. The second kappa shape index (κ2) is 9.02. The van der Waals surface area contributed by atoms with Gasteiger partial charge >= 0.3 is 0 Å². The number of carbonyl (C=O) groups is 2. The van der Waals surface area contributed by atoms with Crippen LogP contribution in [-0.2, 0) is 19.6 Å². The van der Waals surface area contributed by atoms with Crippen LogP contribution in [0.15, 0.2) is 67.0 Å². The lowest BCUT2D eigenvalue weighted by Crippen LogP contribution is -2.30. The highest BCUT2D eigenvalue weighted by molar-refractivity contribution is 7.20. The summed E-state index contributed by atoms with van der Waals surface area (Å²) >= 11 is 13.5. The molecular formula is C24H18Cl2N4O2S. The molecule has 1 N–H and O–H groups in total. The summed E-state index contributed by atoms with van der Waals surface area (Å²) in [5, 5.41) is 2.95. The Bertz CT molecular complexity index is 1350. The first-order valence-corrected chi connectivity index (χ1v) is 11.8. The molecular weight excluding hydrogens is 479 g/mol.